The minimum absolute atomic E-state index is 0.117. The number of thioether (sulfide) groups is 1. The van der Waals surface area contributed by atoms with Crippen LogP contribution in [0.1, 0.15) is 28.4 Å². The van der Waals surface area contributed by atoms with Gasteiger partial charge in [0.25, 0.3) is 5.91 Å². The van der Waals surface area contributed by atoms with Crippen LogP contribution in [0.15, 0.2) is 70.6 Å². The second-order valence-electron chi connectivity index (χ2n) is 7.90. The molecular formula is C27H22Cl2N2O5S. The lowest BCUT2D eigenvalue weighted by atomic mass is 10.1. The quantitative estimate of drug-likeness (QED) is 0.303. The third-order valence-electron chi connectivity index (χ3n) is 5.25. The number of carboxylic acid groups (broad SMARTS) is 1. The van der Waals surface area contributed by atoms with E-state index in [2.05, 4.69) is 4.99 Å². The van der Waals surface area contributed by atoms with Crippen LogP contribution in [-0.4, -0.2) is 40.7 Å². The van der Waals surface area contributed by atoms with Gasteiger partial charge in [0, 0.05) is 12.1 Å². The first-order valence-electron chi connectivity index (χ1n) is 11.2. The summed E-state index contributed by atoms with van der Waals surface area (Å²) < 4.78 is 11.7. The molecule has 0 aromatic heterocycles. The maximum absolute atomic E-state index is 12.9. The Labute approximate surface area is 228 Å². The average molecular weight is 557 g/mol. The molecule has 1 aliphatic heterocycles. The Morgan fingerprint density at radius 1 is 1.11 bits per heavy atom. The van der Waals surface area contributed by atoms with E-state index < -0.39 is 5.97 Å². The number of aromatic carboxylic acids is 1. The number of amidine groups is 1. The Bertz CT molecular complexity index is 1410. The number of carbonyl (C=O) groups excluding carboxylic acids is 1. The largest absolute Gasteiger partial charge is 0.490 e. The van der Waals surface area contributed by atoms with E-state index in [9.17, 15) is 14.7 Å². The molecule has 0 saturated carbocycles. The number of ether oxygens (including phenoxy) is 2. The van der Waals surface area contributed by atoms with Crippen LogP contribution >= 0.6 is 35.0 Å². The lowest BCUT2D eigenvalue weighted by molar-refractivity contribution is -0.121. The number of hydrogen-bond donors (Lipinski definition) is 1. The van der Waals surface area contributed by atoms with E-state index in [4.69, 9.17) is 32.7 Å². The first kappa shape index (κ1) is 26.6. The van der Waals surface area contributed by atoms with Crippen LogP contribution in [0, 0.1) is 0 Å². The Kier molecular flexibility index (Phi) is 8.43. The van der Waals surface area contributed by atoms with Gasteiger partial charge in [-0.05, 0) is 78.4 Å². The molecule has 4 rings (SSSR count). The summed E-state index contributed by atoms with van der Waals surface area (Å²) in [7, 11) is 1.61. The number of amides is 1. The predicted molar refractivity (Wildman–Crippen MR) is 147 cm³/mol. The number of aliphatic imine (C=N–C) groups is 1. The van der Waals surface area contributed by atoms with Crippen LogP contribution in [0.2, 0.25) is 10.0 Å². The van der Waals surface area contributed by atoms with Crippen molar-refractivity contribution in [1.29, 1.82) is 0 Å². The Morgan fingerprint density at radius 3 is 2.57 bits per heavy atom. The van der Waals surface area contributed by atoms with Crippen molar-refractivity contribution < 1.29 is 24.2 Å². The third-order valence-corrected chi connectivity index (χ3v) is 6.84. The van der Waals surface area contributed by atoms with E-state index in [0.717, 1.165) is 5.56 Å². The number of carbonyl (C=O) groups is 2. The summed E-state index contributed by atoms with van der Waals surface area (Å²) in [6.07, 6.45) is 1.71. The van der Waals surface area contributed by atoms with Crippen molar-refractivity contribution in [2.24, 2.45) is 4.99 Å². The fraction of sp³-hybridized carbons (Fsp3) is 0.148. The fourth-order valence-electron chi connectivity index (χ4n) is 3.43. The van der Waals surface area contributed by atoms with Crippen molar-refractivity contribution in [2.45, 2.75) is 13.5 Å². The molecule has 1 N–H and O–H groups in total. The van der Waals surface area contributed by atoms with E-state index in [-0.39, 0.29) is 18.1 Å². The van der Waals surface area contributed by atoms with E-state index >= 15 is 0 Å². The van der Waals surface area contributed by atoms with Gasteiger partial charge in [-0.1, -0.05) is 41.4 Å². The maximum atomic E-state index is 12.9. The van der Waals surface area contributed by atoms with Gasteiger partial charge in [-0.15, -0.1) is 0 Å². The molecule has 7 nitrogen and oxygen atoms in total. The van der Waals surface area contributed by atoms with Gasteiger partial charge in [0.1, 0.15) is 6.61 Å². The maximum Gasteiger partial charge on any atom is 0.335 e. The van der Waals surface area contributed by atoms with E-state index in [0.29, 0.717) is 49.5 Å². The molecule has 0 radical (unpaired) electrons. The molecule has 0 atom stereocenters. The zero-order chi connectivity index (χ0) is 26.5. The highest BCUT2D eigenvalue weighted by Gasteiger charge is 2.30. The van der Waals surface area contributed by atoms with E-state index in [1.54, 1.807) is 49.5 Å². The van der Waals surface area contributed by atoms with Crippen molar-refractivity contribution in [3.8, 4) is 11.5 Å². The molecule has 1 heterocycles. The Balaban J connectivity index is 1.59. The number of rotatable bonds is 8. The molecule has 0 aliphatic carbocycles. The summed E-state index contributed by atoms with van der Waals surface area (Å²) in [6.45, 7) is 2.53. The van der Waals surface area contributed by atoms with Crippen LogP contribution in [0.3, 0.4) is 0 Å². The molecule has 0 bridgehead atoms. The van der Waals surface area contributed by atoms with Gasteiger partial charge in [0.15, 0.2) is 16.7 Å². The molecule has 1 aliphatic rings. The number of carboxylic acids is 1. The van der Waals surface area contributed by atoms with Gasteiger partial charge in [-0.3, -0.25) is 9.69 Å². The monoisotopic (exact) mass is 556 g/mol. The number of halogens is 2. The lowest BCUT2D eigenvalue weighted by Crippen LogP contribution is -2.23. The summed E-state index contributed by atoms with van der Waals surface area (Å²) >= 11 is 13.7. The van der Waals surface area contributed by atoms with E-state index in [1.165, 1.54) is 28.8 Å². The molecular weight excluding hydrogens is 535 g/mol. The summed E-state index contributed by atoms with van der Waals surface area (Å²) in [5, 5.41) is 10.6. The zero-order valence-electron chi connectivity index (χ0n) is 19.9. The first-order chi connectivity index (χ1) is 17.7. The van der Waals surface area contributed by atoms with Crippen molar-refractivity contribution in [3.63, 3.8) is 0 Å². The normalized spacial score (nSPS) is 15.5. The molecule has 37 heavy (non-hydrogen) atoms. The number of benzene rings is 3. The van der Waals surface area contributed by atoms with Crippen molar-refractivity contribution in [1.82, 2.24) is 4.90 Å². The summed E-state index contributed by atoms with van der Waals surface area (Å²) in [6, 6.07) is 17.0. The molecule has 1 saturated heterocycles. The molecule has 3 aromatic carbocycles. The van der Waals surface area contributed by atoms with Gasteiger partial charge in [-0.2, -0.15) is 0 Å². The predicted octanol–water partition coefficient (Wildman–Crippen LogP) is 6.90. The van der Waals surface area contributed by atoms with Crippen LogP contribution in [-0.2, 0) is 11.4 Å². The van der Waals surface area contributed by atoms with Crippen LogP contribution in [0.4, 0.5) is 5.69 Å². The average Bonchev–Trinajstić information content (AvgIpc) is 3.12. The summed E-state index contributed by atoms with van der Waals surface area (Å²) in [5.74, 6) is -0.424. The fourth-order valence-corrected chi connectivity index (χ4v) is 4.82. The van der Waals surface area contributed by atoms with Gasteiger partial charge < -0.3 is 14.6 Å². The van der Waals surface area contributed by atoms with Crippen molar-refractivity contribution in [3.05, 3.63) is 92.3 Å². The lowest BCUT2D eigenvalue weighted by Gasteiger charge is -2.15. The summed E-state index contributed by atoms with van der Waals surface area (Å²) in [5.41, 5.74) is 2.13. The standard InChI is InChI=1S/C27H22Cl2N2O5S/c1-3-35-22-12-17(11-21(29)24(22)36-15-16-7-9-19(28)10-8-16)13-23-25(32)31(2)27(37-23)30-20-6-4-5-18(14-20)26(33)34/h4-14H,3,15H2,1-2H3,(H,33,34)/b23-13-,30-27?. The van der Waals surface area contributed by atoms with Crippen molar-refractivity contribution >= 4 is 63.8 Å². The highest BCUT2D eigenvalue weighted by molar-refractivity contribution is 8.18. The molecule has 1 amide bonds. The smallest absolute Gasteiger partial charge is 0.335 e. The van der Waals surface area contributed by atoms with Gasteiger partial charge in [0.2, 0.25) is 0 Å². The minimum atomic E-state index is -1.05. The minimum Gasteiger partial charge on any atom is -0.490 e. The second kappa shape index (κ2) is 11.7. The molecule has 1 fully saturated rings. The molecule has 10 heteroatoms. The molecule has 190 valence electrons. The van der Waals surface area contributed by atoms with Gasteiger partial charge >= 0.3 is 5.97 Å². The summed E-state index contributed by atoms with van der Waals surface area (Å²) in [4.78, 5) is 30.5. The van der Waals surface area contributed by atoms with Gasteiger partial charge in [-0.25, -0.2) is 9.79 Å². The Morgan fingerprint density at radius 2 is 1.86 bits per heavy atom. The van der Waals surface area contributed by atoms with Crippen LogP contribution in [0.25, 0.3) is 6.08 Å². The SMILES string of the molecule is CCOc1cc(/C=C2\SC(=Nc3cccc(C(=O)O)c3)N(C)C2=O)cc(Cl)c1OCc1ccc(Cl)cc1. The third kappa shape index (κ3) is 6.46. The Hall–Kier alpha value is -3.46. The zero-order valence-corrected chi connectivity index (χ0v) is 22.2. The van der Waals surface area contributed by atoms with Gasteiger partial charge in [0.05, 0.1) is 27.8 Å². The molecule has 0 unspecified atom stereocenters. The van der Waals surface area contributed by atoms with Crippen LogP contribution < -0.4 is 9.47 Å². The number of nitrogens with zero attached hydrogens (tertiary/aromatic N) is 2. The number of hydrogen-bond acceptors (Lipinski definition) is 6. The highest BCUT2D eigenvalue weighted by Crippen LogP contribution is 2.40. The topological polar surface area (TPSA) is 88.4 Å². The van der Waals surface area contributed by atoms with Crippen molar-refractivity contribution in [2.75, 3.05) is 13.7 Å². The molecule has 0 spiro atoms. The van der Waals surface area contributed by atoms with E-state index in [1.807, 2.05) is 19.1 Å². The number of likely N-dealkylation sites (N-methyl/N-ethyl adjacent to an activating group) is 1. The molecule has 3 aromatic rings. The second-order valence-corrected chi connectivity index (χ2v) is 9.76. The first-order valence-corrected chi connectivity index (χ1v) is 12.8. The van der Waals surface area contributed by atoms with Crippen LogP contribution in [0.5, 0.6) is 11.5 Å². The highest BCUT2D eigenvalue weighted by atomic mass is 35.5.